The van der Waals surface area contributed by atoms with E-state index in [1.54, 1.807) is 16.9 Å². The number of benzene rings is 2. The van der Waals surface area contributed by atoms with Crippen LogP contribution in [0.4, 0.5) is 4.39 Å². The van der Waals surface area contributed by atoms with Crippen LogP contribution >= 0.6 is 0 Å². The van der Waals surface area contributed by atoms with Crippen molar-refractivity contribution in [2.45, 2.75) is 0 Å². The Hall–Kier alpha value is -2.42. The van der Waals surface area contributed by atoms with Crippen LogP contribution in [0.3, 0.4) is 0 Å². The number of rotatable bonds is 2. The molecule has 94 valence electrons. The topological polar surface area (TPSA) is 17.0 Å². The summed E-state index contributed by atoms with van der Waals surface area (Å²) in [6, 6.07) is 18.2. The molecule has 19 heavy (non-hydrogen) atoms. The minimum Gasteiger partial charge on any atom is -0.236 e. The van der Waals surface area contributed by atoms with E-state index in [1.165, 1.54) is 12.1 Å². The number of hydrogen-bond acceptors (Lipinski definition) is 1. The summed E-state index contributed by atoms with van der Waals surface area (Å²) in [5.74, 6) is 0.476. The molecule has 0 spiro atoms. The molecule has 0 bridgehead atoms. The maximum Gasteiger partial charge on any atom is 0.262 e. The molecular formula is C16H13FNO+. The van der Waals surface area contributed by atoms with Crippen LogP contribution in [0.2, 0.25) is 0 Å². The number of aromatic nitrogens is 1. The standard InChI is InChI=1S/C16H13FNO/c1-18-15(12-5-3-2-4-6-12)11-16(19-18)13-7-9-14(17)10-8-13/h2-11H,1H3/q+1. The third-order valence-corrected chi connectivity index (χ3v) is 3.04. The second-order valence-electron chi connectivity index (χ2n) is 4.36. The zero-order valence-corrected chi connectivity index (χ0v) is 10.5. The third kappa shape index (κ3) is 2.27. The van der Waals surface area contributed by atoms with Crippen molar-refractivity contribution in [3.05, 3.63) is 66.5 Å². The molecule has 0 aliphatic carbocycles. The molecule has 0 radical (unpaired) electrons. The molecule has 1 aromatic heterocycles. The van der Waals surface area contributed by atoms with Crippen LogP contribution in [0.5, 0.6) is 0 Å². The first kappa shape index (κ1) is 11.7. The smallest absolute Gasteiger partial charge is 0.236 e. The highest BCUT2D eigenvalue weighted by molar-refractivity contribution is 5.64. The molecule has 3 aromatic rings. The van der Waals surface area contributed by atoms with Gasteiger partial charge in [-0.3, -0.25) is 0 Å². The van der Waals surface area contributed by atoms with Crippen molar-refractivity contribution in [3.63, 3.8) is 0 Å². The fourth-order valence-corrected chi connectivity index (χ4v) is 2.06. The zero-order chi connectivity index (χ0) is 13.2. The van der Waals surface area contributed by atoms with Crippen molar-refractivity contribution in [1.82, 2.24) is 0 Å². The van der Waals surface area contributed by atoms with Crippen molar-refractivity contribution in [2.75, 3.05) is 0 Å². The minimum atomic E-state index is -0.247. The second-order valence-corrected chi connectivity index (χ2v) is 4.36. The number of hydrogen-bond donors (Lipinski definition) is 0. The highest BCUT2D eigenvalue weighted by Crippen LogP contribution is 2.24. The van der Waals surface area contributed by atoms with Crippen molar-refractivity contribution in [3.8, 4) is 22.6 Å². The van der Waals surface area contributed by atoms with Gasteiger partial charge in [-0.05, 0) is 41.1 Å². The van der Waals surface area contributed by atoms with E-state index in [2.05, 4.69) is 0 Å². The molecule has 0 aliphatic heterocycles. The lowest BCUT2D eigenvalue weighted by Gasteiger charge is -1.91. The normalized spacial score (nSPS) is 10.6. The fraction of sp³-hybridized carbons (Fsp3) is 0.0625. The van der Waals surface area contributed by atoms with Gasteiger partial charge in [-0.15, -0.1) is 0 Å². The van der Waals surface area contributed by atoms with Crippen molar-refractivity contribution in [2.24, 2.45) is 7.05 Å². The highest BCUT2D eigenvalue weighted by Gasteiger charge is 2.18. The molecule has 0 saturated heterocycles. The Morgan fingerprint density at radius 1 is 0.895 bits per heavy atom. The van der Waals surface area contributed by atoms with Crippen LogP contribution in [-0.2, 0) is 7.05 Å². The quantitative estimate of drug-likeness (QED) is 0.639. The zero-order valence-electron chi connectivity index (χ0n) is 10.5. The molecule has 3 heteroatoms. The van der Waals surface area contributed by atoms with Gasteiger partial charge in [-0.2, -0.15) is 0 Å². The summed E-state index contributed by atoms with van der Waals surface area (Å²) < 4.78 is 20.3. The molecule has 3 rings (SSSR count). The summed E-state index contributed by atoms with van der Waals surface area (Å²) in [5.41, 5.74) is 2.93. The summed E-state index contributed by atoms with van der Waals surface area (Å²) >= 11 is 0. The van der Waals surface area contributed by atoms with E-state index in [0.29, 0.717) is 0 Å². The van der Waals surface area contributed by atoms with Crippen LogP contribution < -0.4 is 4.74 Å². The summed E-state index contributed by atoms with van der Waals surface area (Å²) in [5, 5.41) is 0. The lowest BCUT2D eigenvalue weighted by atomic mass is 10.1. The maximum atomic E-state index is 12.9. The molecule has 1 heterocycles. The van der Waals surface area contributed by atoms with Crippen LogP contribution in [-0.4, -0.2) is 0 Å². The van der Waals surface area contributed by atoms with E-state index >= 15 is 0 Å². The molecule has 0 fully saturated rings. The molecule has 0 atom stereocenters. The number of nitrogens with zero attached hydrogens (tertiary/aromatic N) is 1. The van der Waals surface area contributed by atoms with E-state index in [0.717, 1.165) is 22.6 Å². The molecule has 0 amide bonds. The Morgan fingerprint density at radius 2 is 1.58 bits per heavy atom. The van der Waals surface area contributed by atoms with Gasteiger partial charge in [0.1, 0.15) is 5.82 Å². The van der Waals surface area contributed by atoms with Crippen molar-refractivity contribution in [1.29, 1.82) is 0 Å². The third-order valence-electron chi connectivity index (χ3n) is 3.04. The average Bonchev–Trinajstić information content (AvgIpc) is 2.83. The second kappa shape index (κ2) is 4.69. The molecule has 2 aromatic carbocycles. The molecule has 2 nitrogen and oxygen atoms in total. The lowest BCUT2D eigenvalue weighted by molar-refractivity contribution is -0.834. The first-order chi connectivity index (χ1) is 9.24. The van der Waals surface area contributed by atoms with Crippen LogP contribution in [0, 0.1) is 5.82 Å². The predicted octanol–water partition coefficient (Wildman–Crippen LogP) is 3.58. The van der Waals surface area contributed by atoms with Crippen LogP contribution in [0.1, 0.15) is 0 Å². The van der Waals surface area contributed by atoms with Crippen LogP contribution in [0.15, 0.2) is 65.2 Å². The Labute approximate surface area is 110 Å². The van der Waals surface area contributed by atoms with Gasteiger partial charge >= 0.3 is 0 Å². The van der Waals surface area contributed by atoms with E-state index in [4.69, 9.17) is 4.52 Å². The predicted molar refractivity (Wildman–Crippen MR) is 70.7 cm³/mol. The van der Waals surface area contributed by atoms with E-state index in [1.807, 2.05) is 43.4 Å². The highest BCUT2D eigenvalue weighted by atomic mass is 19.1. The first-order valence-corrected chi connectivity index (χ1v) is 6.06. The maximum absolute atomic E-state index is 12.9. The van der Waals surface area contributed by atoms with Gasteiger partial charge in [0.05, 0.1) is 11.6 Å². The average molecular weight is 254 g/mol. The Balaban J connectivity index is 2.04. The monoisotopic (exact) mass is 254 g/mol. The Bertz CT molecular complexity index is 687. The molecule has 0 saturated carbocycles. The van der Waals surface area contributed by atoms with Gasteiger partial charge in [-0.25, -0.2) is 8.91 Å². The van der Waals surface area contributed by atoms with Crippen molar-refractivity contribution < 1.29 is 13.7 Å². The summed E-state index contributed by atoms with van der Waals surface area (Å²) in [4.78, 5) is 0. The van der Waals surface area contributed by atoms with Crippen molar-refractivity contribution >= 4 is 0 Å². The summed E-state index contributed by atoms with van der Waals surface area (Å²) in [6.07, 6.45) is 0. The van der Waals surface area contributed by atoms with Gasteiger partial charge in [0, 0.05) is 5.56 Å². The lowest BCUT2D eigenvalue weighted by Crippen LogP contribution is -2.26. The molecular weight excluding hydrogens is 241 g/mol. The van der Waals surface area contributed by atoms with Gasteiger partial charge < -0.3 is 0 Å². The van der Waals surface area contributed by atoms with Gasteiger partial charge in [0.25, 0.3) is 5.69 Å². The molecule has 0 unspecified atom stereocenters. The number of aryl methyl sites for hydroxylation is 1. The SMILES string of the molecule is C[n+]1oc(-c2ccc(F)cc2)cc1-c1ccccc1. The Kier molecular flexibility index (Phi) is 2.88. The Morgan fingerprint density at radius 3 is 2.26 bits per heavy atom. The van der Waals surface area contributed by atoms with E-state index in [-0.39, 0.29) is 5.82 Å². The molecule has 0 aliphatic rings. The van der Waals surface area contributed by atoms with Crippen LogP contribution in [0.25, 0.3) is 22.6 Å². The summed E-state index contributed by atoms with van der Waals surface area (Å²) in [6.45, 7) is 0. The van der Waals surface area contributed by atoms with E-state index < -0.39 is 0 Å². The largest absolute Gasteiger partial charge is 0.262 e. The van der Waals surface area contributed by atoms with Gasteiger partial charge in [0.15, 0.2) is 7.05 Å². The van der Waals surface area contributed by atoms with E-state index in [9.17, 15) is 4.39 Å². The number of halogens is 1. The first-order valence-electron chi connectivity index (χ1n) is 6.06. The van der Waals surface area contributed by atoms with Gasteiger partial charge in [0.2, 0.25) is 5.76 Å². The van der Waals surface area contributed by atoms with Gasteiger partial charge in [-0.1, -0.05) is 18.2 Å². The molecule has 0 N–H and O–H groups in total. The summed E-state index contributed by atoms with van der Waals surface area (Å²) in [7, 11) is 1.86. The fourth-order valence-electron chi connectivity index (χ4n) is 2.06. The minimum absolute atomic E-state index is 0.247.